The minimum absolute atomic E-state index is 0.585. The van der Waals surface area contributed by atoms with Crippen molar-refractivity contribution in [2.24, 2.45) is 0 Å². The van der Waals surface area contributed by atoms with E-state index in [-0.39, 0.29) is 0 Å². The van der Waals surface area contributed by atoms with Gasteiger partial charge in [0.15, 0.2) is 0 Å². The normalized spacial score (nSPS) is 18.7. The molecule has 2 aromatic rings. The van der Waals surface area contributed by atoms with Crippen molar-refractivity contribution in [2.45, 2.75) is 52.8 Å². The van der Waals surface area contributed by atoms with Crippen LogP contribution in [-0.4, -0.2) is 8.07 Å². The van der Waals surface area contributed by atoms with E-state index in [9.17, 15) is 0 Å². The summed E-state index contributed by atoms with van der Waals surface area (Å²) in [7, 11) is -1.71. The molecular weight excluding hydrogens is 316 g/mol. The maximum absolute atomic E-state index is 2.57. The summed E-state index contributed by atoms with van der Waals surface area (Å²) in [6.45, 7) is 14.2. The lowest BCUT2D eigenvalue weighted by atomic mass is 10.0. The minimum atomic E-state index is -1.71. The summed E-state index contributed by atoms with van der Waals surface area (Å²) in [5.74, 6) is 0. The molecule has 2 aromatic carbocycles. The van der Waals surface area contributed by atoms with Gasteiger partial charge >= 0.3 is 0 Å². The molecule has 0 radical (unpaired) electrons. The van der Waals surface area contributed by atoms with Crippen LogP contribution in [0, 0.1) is 13.8 Å². The highest BCUT2D eigenvalue weighted by Crippen LogP contribution is 2.44. The zero-order chi connectivity index (χ0) is 17.9. The molecule has 0 saturated carbocycles. The molecule has 25 heavy (non-hydrogen) atoms. The molecule has 2 aliphatic carbocycles. The Balaban J connectivity index is 1.90. The van der Waals surface area contributed by atoms with Gasteiger partial charge in [0.2, 0.25) is 0 Å². The number of allylic oxidation sites excluding steroid dienone is 2. The van der Waals surface area contributed by atoms with Crippen LogP contribution in [0.3, 0.4) is 0 Å². The van der Waals surface area contributed by atoms with E-state index < -0.39 is 8.07 Å². The van der Waals surface area contributed by atoms with Crippen LogP contribution in [0.5, 0.6) is 0 Å². The van der Waals surface area contributed by atoms with Crippen LogP contribution < -0.4 is 5.19 Å². The molecular formula is C24H28Si. The largest absolute Gasteiger partial charge is 0.0931 e. The summed E-state index contributed by atoms with van der Waals surface area (Å²) < 4.78 is 0. The lowest BCUT2D eigenvalue weighted by Gasteiger charge is -2.34. The van der Waals surface area contributed by atoms with Gasteiger partial charge in [-0.15, -0.1) is 0 Å². The molecule has 0 N–H and O–H groups in total. The first-order valence-electron chi connectivity index (χ1n) is 9.38. The van der Waals surface area contributed by atoms with Crippen molar-refractivity contribution in [3.05, 3.63) is 74.9 Å². The Labute approximate surface area is 153 Å². The SMILES string of the molecule is CC1=Cc2c(cccc2[Si](C)(C)C2C(C)=Cc3c(C)cc(C)cc32)C1. The molecule has 1 atom stereocenters. The van der Waals surface area contributed by atoms with Gasteiger partial charge in [-0.25, -0.2) is 0 Å². The second-order valence-electron chi connectivity index (χ2n) is 8.67. The number of aryl methyl sites for hydroxylation is 2. The maximum Gasteiger partial charge on any atom is 0.0931 e. The van der Waals surface area contributed by atoms with Crippen molar-refractivity contribution in [2.75, 3.05) is 0 Å². The number of rotatable bonds is 2. The second-order valence-corrected chi connectivity index (χ2v) is 13.2. The number of benzene rings is 2. The van der Waals surface area contributed by atoms with Gasteiger partial charge in [0.1, 0.15) is 0 Å². The fraction of sp³-hybridized carbons (Fsp3) is 0.333. The predicted molar refractivity (Wildman–Crippen MR) is 113 cm³/mol. The molecule has 0 spiro atoms. The standard InChI is InChI=1S/C24H28Si/c1-15-10-17(3)20-14-18(4)24(22(20)13-15)25(5,6)23-9-7-8-19-11-16(2)12-21(19)23/h7-10,12-14,24H,11H2,1-6H3. The molecule has 0 bridgehead atoms. The average Bonchev–Trinajstić information content (AvgIpc) is 3.05. The zero-order valence-corrected chi connectivity index (χ0v) is 17.3. The van der Waals surface area contributed by atoms with Crippen molar-refractivity contribution >= 4 is 25.4 Å². The van der Waals surface area contributed by atoms with Crippen molar-refractivity contribution in [1.29, 1.82) is 0 Å². The van der Waals surface area contributed by atoms with Gasteiger partial charge < -0.3 is 0 Å². The van der Waals surface area contributed by atoms with Gasteiger partial charge in [-0.2, -0.15) is 0 Å². The second kappa shape index (κ2) is 5.57. The van der Waals surface area contributed by atoms with E-state index in [0.29, 0.717) is 5.54 Å². The highest BCUT2D eigenvalue weighted by molar-refractivity contribution is 6.92. The molecule has 1 heteroatoms. The Morgan fingerprint density at radius 3 is 2.44 bits per heavy atom. The van der Waals surface area contributed by atoms with Crippen molar-refractivity contribution in [1.82, 2.24) is 0 Å². The number of hydrogen-bond acceptors (Lipinski definition) is 0. The van der Waals surface area contributed by atoms with E-state index in [4.69, 9.17) is 0 Å². The molecule has 0 aliphatic heterocycles. The summed E-state index contributed by atoms with van der Waals surface area (Å²) in [6, 6.07) is 11.8. The van der Waals surface area contributed by atoms with Gasteiger partial charge in [-0.1, -0.05) is 77.5 Å². The van der Waals surface area contributed by atoms with Crippen molar-refractivity contribution in [3.63, 3.8) is 0 Å². The van der Waals surface area contributed by atoms with E-state index in [1.54, 1.807) is 16.3 Å². The van der Waals surface area contributed by atoms with Crippen LogP contribution in [0.25, 0.3) is 12.2 Å². The van der Waals surface area contributed by atoms with Gasteiger partial charge in [-0.3, -0.25) is 0 Å². The van der Waals surface area contributed by atoms with Crippen LogP contribution in [0.2, 0.25) is 13.1 Å². The van der Waals surface area contributed by atoms with E-state index in [0.717, 1.165) is 6.42 Å². The fourth-order valence-electron chi connectivity index (χ4n) is 5.21. The molecule has 0 saturated heterocycles. The van der Waals surface area contributed by atoms with Crippen LogP contribution >= 0.6 is 0 Å². The Hall–Kier alpha value is -1.86. The lowest BCUT2D eigenvalue weighted by Crippen LogP contribution is -2.49. The van der Waals surface area contributed by atoms with Gasteiger partial charge in [0.05, 0.1) is 8.07 Å². The van der Waals surface area contributed by atoms with Gasteiger partial charge in [0.25, 0.3) is 0 Å². The first-order chi connectivity index (χ1) is 11.8. The highest BCUT2D eigenvalue weighted by atomic mass is 28.3. The van der Waals surface area contributed by atoms with Crippen LogP contribution in [-0.2, 0) is 6.42 Å². The monoisotopic (exact) mass is 344 g/mol. The first-order valence-corrected chi connectivity index (χ1v) is 12.5. The first kappa shape index (κ1) is 16.6. The summed E-state index contributed by atoms with van der Waals surface area (Å²) in [6.07, 6.45) is 6.02. The maximum atomic E-state index is 2.57. The molecule has 0 fully saturated rings. The summed E-state index contributed by atoms with van der Waals surface area (Å²) in [5, 5.41) is 1.63. The molecule has 1 unspecified atom stereocenters. The predicted octanol–water partition coefficient (Wildman–Crippen LogP) is 5.92. The smallest absolute Gasteiger partial charge is 0.0683 e. The Bertz CT molecular complexity index is 941. The topological polar surface area (TPSA) is 0 Å². The van der Waals surface area contributed by atoms with Gasteiger partial charge in [-0.05, 0) is 61.9 Å². The fourth-order valence-corrected chi connectivity index (χ4v) is 9.22. The number of fused-ring (bicyclic) bond motifs is 2. The third-order valence-electron chi connectivity index (χ3n) is 6.17. The molecule has 0 heterocycles. The van der Waals surface area contributed by atoms with Crippen molar-refractivity contribution < 1.29 is 0 Å². The summed E-state index contributed by atoms with van der Waals surface area (Å²) in [4.78, 5) is 0. The summed E-state index contributed by atoms with van der Waals surface area (Å²) >= 11 is 0. The van der Waals surface area contributed by atoms with Crippen LogP contribution in [0.15, 0.2) is 41.5 Å². The Morgan fingerprint density at radius 2 is 1.68 bits per heavy atom. The molecule has 128 valence electrons. The van der Waals surface area contributed by atoms with E-state index in [1.165, 1.54) is 33.4 Å². The zero-order valence-electron chi connectivity index (χ0n) is 16.3. The molecule has 0 aromatic heterocycles. The highest BCUT2D eigenvalue weighted by Gasteiger charge is 2.41. The quantitative estimate of drug-likeness (QED) is 0.593. The minimum Gasteiger partial charge on any atom is -0.0683 e. The van der Waals surface area contributed by atoms with Gasteiger partial charge in [0, 0.05) is 5.54 Å². The molecule has 2 aliphatic rings. The molecule has 0 nitrogen and oxygen atoms in total. The Morgan fingerprint density at radius 1 is 0.920 bits per heavy atom. The lowest BCUT2D eigenvalue weighted by molar-refractivity contribution is 1.07. The van der Waals surface area contributed by atoms with Crippen LogP contribution in [0.4, 0.5) is 0 Å². The van der Waals surface area contributed by atoms with E-state index in [1.807, 2.05) is 0 Å². The van der Waals surface area contributed by atoms with Crippen molar-refractivity contribution in [3.8, 4) is 0 Å². The average molecular weight is 345 g/mol. The third kappa shape index (κ3) is 2.48. The Kier molecular flexibility index (Phi) is 3.70. The van der Waals surface area contributed by atoms with E-state index >= 15 is 0 Å². The van der Waals surface area contributed by atoms with E-state index in [2.05, 4.69) is 83.3 Å². The van der Waals surface area contributed by atoms with Crippen LogP contribution in [0.1, 0.15) is 52.8 Å². The molecule has 0 amide bonds. The molecule has 4 rings (SSSR count). The third-order valence-corrected chi connectivity index (χ3v) is 10.2. The summed E-state index contributed by atoms with van der Waals surface area (Å²) in [5.41, 5.74) is 12.6. The number of hydrogen-bond donors (Lipinski definition) is 0.